The Bertz CT molecular complexity index is 211. The molecule has 1 aliphatic carbocycles. The summed E-state index contributed by atoms with van der Waals surface area (Å²) < 4.78 is 0. The average molecular weight is 238 g/mol. The lowest BCUT2D eigenvalue weighted by atomic mass is 9.80. The lowest BCUT2D eigenvalue weighted by Gasteiger charge is -2.47. The van der Waals surface area contributed by atoms with Crippen molar-refractivity contribution in [3.05, 3.63) is 0 Å². The summed E-state index contributed by atoms with van der Waals surface area (Å²) >= 11 is 0. The van der Waals surface area contributed by atoms with E-state index in [4.69, 9.17) is 0 Å². The highest BCUT2D eigenvalue weighted by molar-refractivity contribution is 4.96. The van der Waals surface area contributed by atoms with Crippen LogP contribution < -0.4 is 5.32 Å². The first-order valence-corrected chi connectivity index (χ1v) is 7.75. The van der Waals surface area contributed by atoms with Crippen molar-refractivity contribution in [3.8, 4) is 0 Å². The number of nitrogens with one attached hydrogen (secondary N) is 1. The number of rotatable bonds is 4. The van der Waals surface area contributed by atoms with Crippen LogP contribution in [0.25, 0.3) is 0 Å². The topological polar surface area (TPSA) is 15.3 Å². The van der Waals surface area contributed by atoms with Gasteiger partial charge in [0.15, 0.2) is 0 Å². The monoisotopic (exact) mass is 238 g/mol. The molecule has 2 rings (SSSR count). The van der Waals surface area contributed by atoms with Gasteiger partial charge in [0, 0.05) is 31.7 Å². The van der Waals surface area contributed by atoms with E-state index in [1.165, 1.54) is 71.1 Å². The fourth-order valence-electron chi connectivity index (χ4n) is 3.67. The normalized spacial score (nSPS) is 25.6. The molecule has 1 saturated heterocycles. The summed E-state index contributed by atoms with van der Waals surface area (Å²) in [6, 6.07) is 0. The zero-order chi connectivity index (χ0) is 12.1. The number of hydrogen-bond donors (Lipinski definition) is 1. The van der Waals surface area contributed by atoms with Crippen molar-refractivity contribution in [1.29, 1.82) is 0 Å². The van der Waals surface area contributed by atoms with Crippen LogP contribution in [0.3, 0.4) is 0 Å². The van der Waals surface area contributed by atoms with Gasteiger partial charge in [0.2, 0.25) is 0 Å². The van der Waals surface area contributed by atoms with Crippen molar-refractivity contribution in [2.45, 2.75) is 64.3 Å². The van der Waals surface area contributed by atoms with E-state index in [2.05, 4.69) is 24.1 Å². The highest BCUT2D eigenvalue weighted by Crippen LogP contribution is 2.31. The van der Waals surface area contributed by atoms with Gasteiger partial charge in [0.25, 0.3) is 0 Å². The Hall–Kier alpha value is -0.0800. The molecule has 0 amide bonds. The molecule has 0 unspecified atom stereocenters. The fourth-order valence-corrected chi connectivity index (χ4v) is 3.67. The van der Waals surface area contributed by atoms with E-state index in [0.29, 0.717) is 5.54 Å². The minimum atomic E-state index is 0.489. The van der Waals surface area contributed by atoms with Crippen molar-refractivity contribution < 1.29 is 0 Å². The highest BCUT2D eigenvalue weighted by Gasteiger charge is 2.36. The Morgan fingerprint density at radius 3 is 2.47 bits per heavy atom. The van der Waals surface area contributed by atoms with Crippen LogP contribution in [0.1, 0.15) is 58.8 Å². The van der Waals surface area contributed by atoms with Gasteiger partial charge in [-0.1, -0.05) is 46.0 Å². The smallest absolute Gasteiger partial charge is 0.0309 e. The first kappa shape index (κ1) is 13.4. The lowest BCUT2D eigenvalue weighted by Crippen LogP contribution is -2.61. The lowest BCUT2D eigenvalue weighted by molar-refractivity contribution is 0.0861. The standard InChI is InChI=1S/C15H30N2/c1-3-14(4-2)12-17-11-10-16-15(13-17)8-6-5-7-9-15/h14,16H,3-13H2,1-2H3. The van der Waals surface area contributed by atoms with Gasteiger partial charge in [-0.25, -0.2) is 0 Å². The van der Waals surface area contributed by atoms with Crippen molar-refractivity contribution in [2.24, 2.45) is 5.92 Å². The third-order valence-corrected chi connectivity index (χ3v) is 4.94. The van der Waals surface area contributed by atoms with Gasteiger partial charge in [0.1, 0.15) is 0 Å². The molecule has 0 aromatic heterocycles. The molecule has 100 valence electrons. The molecule has 0 radical (unpaired) electrons. The van der Waals surface area contributed by atoms with E-state index in [1.54, 1.807) is 0 Å². The molecule has 0 aromatic carbocycles. The molecular formula is C15H30N2. The van der Waals surface area contributed by atoms with Crippen LogP contribution in [0, 0.1) is 5.92 Å². The first-order valence-electron chi connectivity index (χ1n) is 7.75. The third-order valence-electron chi connectivity index (χ3n) is 4.94. The van der Waals surface area contributed by atoms with E-state index >= 15 is 0 Å². The molecule has 0 bridgehead atoms. The zero-order valence-corrected chi connectivity index (χ0v) is 11.8. The molecule has 17 heavy (non-hydrogen) atoms. The molecule has 2 nitrogen and oxygen atoms in total. The molecule has 1 N–H and O–H groups in total. The van der Waals surface area contributed by atoms with E-state index in [9.17, 15) is 0 Å². The van der Waals surface area contributed by atoms with Gasteiger partial charge in [-0.3, -0.25) is 4.90 Å². The molecule has 0 aromatic rings. The van der Waals surface area contributed by atoms with Gasteiger partial charge in [0.05, 0.1) is 0 Å². The minimum absolute atomic E-state index is 0.489. The molecular weight excluding hydrogens is 208 g/mol. The second-order valence-electron chi connectivity index (χ2n) is 6.19. The summed E-state index contributed by atoms with van der Waals surface area (Å²) in [5.41, 5.74) is 0.489. The van der Waals surface area contributed by atoms with Crippen molar-refractivity contribution in [2.75, 3.05) is 26.2 Å². The summed E-state index contributed by atoms with van der Waals surface area (Å²) in [6.07, 6.45) is 9.83. The van der Waals surface area contributed by atoms with Crippen LogP contribution in [0.4, 0.5) is 0 Å². The van der Waals surface area contributed by atoms with Crippen LogP contribution in [0.5, 0.6) is 0 Å². The maximum absolute atomic E-state index is 3.83. The van der Waals surface area contributed by atoms with Crippen LogP contribution >= 0.6 is 0 Å². The second kappa shape index (κ2) is 6.19. The minimum Gasteiger partial charge on any atom is -0.309 e. The Balaban J connectivity index is 1.87. The summed E-state index contributed by atoms with van der Waals surface area (Å²) in [7, 11) is 0. The Kier molecular flexibility index (Phi) is 4.87. The van der Waals surface area contributed by atoms with E-state index in [-0.39, 0.29) is 0 Å². The van der Waals surface area contributed by atoms with Crippen molar-refractivity contribution in [3.63, 3.8) is 0 Å². The molecule has 2 aliphatic rings. The maximum Gasteiger partial charge on any atom is 0.0309 e. The summed E-state index contributed by atoms with van der Waals surface area (Å²) in [5.74, 6) is 0.911. The quantitative estimate of drug-likeness (QED) is 0.810. The van der Waals surface area contributed by atoms with Crippen LogP contribution in [-0.4, -0.2) is 36.6 Å². The van der Waals surface area contributed by atoms with Crippen molar-refractivity contribution in [1.82, 2.24) is 10.2 Å². The molecule has 0 atom stereocenters. The third kappa shape index (κ3) is 3.45. The molecule has 1 spiro atoms. The molecule has 2 heteroatoms. The highest BCUT2D eigenvalue weighted by atomic mass is 15.2. The number of piperazine rings is 1. The molecule has 1 aliphatic heterocycles. The molecule has 2 fully saturated rings. The first-order chi connectivity index (χ1) is 8.28. The van der Waals surface area contributed by atoms with E-state index in [0.717, 1.165) is 5.92 Å². The van der Waals surface area contributed by atoms with Gasteiger partial charge in [-0.05, 0) is 18.8 Å². The average Bonchev–Trinajstić information content (AvgIpc) is 2.37. The van der Waals surface area contributed by atoms with E-state index in [1.807, 2.05) is 0 Å². The summed E-state index contributed by atoms with van der Waals surface area (Å²) in [4.78, 5) is 2.74. The zero-order valence-electron chi connectivity index (χ0n) is 11.8. The number of hydrogen-bond acceptors (Lipinski definition) is 2. The van der Waals surface area contributed by atoms with Gasteiger partial charge in [-0.15, -0.1) is 0 Å². The van der Waals surface area contributed by atoms with Crippen molar-refractivity contribution >= 4 is 0 Å². The van der Waals surface area contributed by atoms with Gasteiger partial charge < -0.3 is 5.32 Å². The van der Waals surface area contributed by atoms with Crippen LogP contribution in [0.15, 0.2) is 0 Å². The maximum atomic E-state index is 3.83. The van der Waals surface area contributed by atoms with Gasteiger partial charge >= 0.3 is 0 Å². The Morgan fingerprint density at radius 2 is 1.82 bits per heavy atom. The van der Waals surface area contributed by atoms with Crippen LogP contribution in [-0.2, 0) is 0 Å². The van der Waals surface area contributed by atoms with Gasteiger partial charge in [-0.2, -0.15) is 0 Å². The van der Waals surface area contributed by atoms with Crippen LogP contribution in [0.2, 0.25) is 0 Å². The molecule has 1 saturated carbocycles. The number of nitrogens with zero attached hydrogens (tertiary/aromatic N) is 1. The Labute approximate surface area is 107 Å². The largest absolute Gasteiger partial charge is 0.309 e. The summed E-state index contributed by atoms with van der Waals surface area (Å²) in [6.45, 7) is 9.79. The predicted octanol–water partition coefficient (Wildman–Crippen LogP) is 3.03. The summed E-state index contributed by atoms with van der Waals surface area (Å²) in [5, 5.41) is 3.83. The Morgan fingerprint density at radius 1 is 1.12 bits per heavy atom. The fraction of sp³-hybridized carbons (Fsp3) is 1.00. The van der Waals surface area contributed by atoms with E-state index < -0.39 is 0 Å². The molecule has 1 heterocycles. The second-order valence-corrected chi connectivity index (χ2v) is 6.19. The predicted molar refractivity (Wildman–Crippen MR) is 74.3 cm³/mol. The SMILES string of the molecule is CCC(CC)CN1CCNC2(CCCCC2)C1.